The van der Waals surface area contributed by atoms with E-state index in [4.69, 9.17) is 5.73 Å². The standard InChI is InChI=1S/C18H18F6N6O2/c1-9(2)14(25)16(32)28-27-13(31)3-4-30-8-26-15(29-30)10-5-11(17(19,20)21)7-12(6-10)18(22,23)24/h3-9,14H,25H2,1-2H3,(H,27,31)(H,28,32)/b4-3-/t14-/m0/s1. The molecule has 174 valence electrons. The minimum atomic E-state index is -5.01. The Bertz CT molecular complexity index is 980. The molecule has 0 fully saturated rings. The number of halogens is 6. The third kappa shape index (κ3) is 6.54. The predicted molar refractivity (Wildman–Crippen MR) is 99.9 cm³/mol. The number of rotatable bonds is 5. The Morgan fingerprint density at radius 1 is 1.03 bits per heavy atom. The van der Waals surface area contributed by atoms with Crippen molar-refractivity contribution in [3.05, 3.63) is 41.7 Å². The third-order valence-electron chi connectivity index (χ3n) is 4.06. The number of alkyl halides is 6. The largest absolute Gasteiger partial charge is 0.416 e. The summed E-state index contributed by atoms with van der Waals surface area (Å²) in [6.07, 6.45) is -7.14. The van der Waals surface area contributed by atoms with Crippen LogP contribution in [0.15, 0.2) is 30.6 Å². The summed E-state index contributed by atoms with van der Waals surface area (Å²) in [5.41, 5.74) is 6.22. The number of hydrogen-bond acceptors (Lipinski definition) is 5. The van der Waals surface area contributed by atoms with Gasteiger partial charge in [0.2, 0.25) is 0 Å². The normalized spacial score (nSPS) is 13.4. The number of amides is 2. The maximum Gasteiger partial charge on any atom is 0.416 e. The number of carbonyl (C=O) groups is 2. The first-order valence-electron chi connectivity index (χ1n) is 8.93. The molecule has 0 aliphatic carbocycles. The fourth-order valence-electron chi connectivity index (χ4n) is 2.26. The van der Waals surface area contributed by atoms with E-state index in [0.717, 1.165) is 23.3 Å². The molecule has 0 spiro atoms. The van der Waals surface area contributed by atoms with E-state index in [1.807, 2.05) is 0 Å². The Labute approximate surface area is 177 Å². The zero-order chi connectivity index (χ0) is 24.3. The molecule has 4 N–H and O–H groups in total. The molecule has 0 saturated carbocycles. The molecule has 1 aromatic heterocycles. The van der Waals surface area contributed by atoms with Gasteiger partial charge >= 0.3 is 12.4 Å². The molecule has 14 heteroatoms. The Morgan fingerprint density at radius 3 is 2.09 bits per heavy atom. The molecule has 0 saturated heterocycles. The van der Waals surface area contributed by atoms with Crippen LogP contribution in [0.4, 0.5) is 26.3 Å². The highest BCUT2D eigenvalue weighted by Crippen LogP contribution is 2.38. The van der Waals surface area contributed by atoms with Gasteiger partial charge in [-0.1, -0.05) is 13.8 Å². The monoisotopic (exact) mass is 464 g/mol. The Kier molecular flexibility index (Phi) is 7.28. The second-order valence-corrected chi connectivity index (χ2v) is 6.91. The van der Waals surface area contributed by atoms with Crippen LogP contribution in [0.5, 0.6) is 0 Å². The topological polar surface area (TPSA) is 115 Å². The minimum Gasteiger partial charge on any atom is -0.320 e. The number of nitrogens with one attached hydrogen (secondary N) is 2. The van der Waals surface area contributed by atoms with Gasteiger partial charge in [0, 0.05) is 17.8 Å². The predicted octanol–water partition coefficient (Wildman–Crippen LogP) is 2.58. The molecule has 2 aromatic rings. The van der Waals surface area contributed by atoms with Crippen LogP contribution < -0.4 is 16.6 Å². The van der Waals surface area contributed by atoms with E-state index in [1.54, 1.807) is 13.8 Å². The first-order chi connectivity index (χ1) is 14.7. The first kappa shape index (κ1) is 24.8. The maximum absolute atomic E-state index is 13.0. The van der Waals surface area contributed by atoms with Gasteiger partial charge in [-0.25, -0.2) is 9.67 Å². The van der Waals surface area contributed by atoms with E-state index >= 15 is 0 Å². The molecule has 8 nitrogen and oxygen atoms in total. The molecule has 2 rings (SSSR count). The lowest BCUT2D eigenvalue weighted by molar-refractivity contribution is -0.143. The van der Waals surface area contributed by atoms with Gasteiger partial charge in [-0.05, 0) is 24.1 Å². The van der Waals surface area contributed by atoms with Gasteiger partial charge in [-0.15, -0.1) is 5.10 Å². The van der Waals surface area contributed by atoms with Crippen LogP contribution in [0, 0.1) is 5.92 Å². The van der Waals surface area contributed by atoms with Gasteiger partial charge in [-0.2, -0.15) is 26.3 Å². The lowest BCUT2D eigenvalue weighted by atomic mass is 10.0. The van der Waals surface area contributed by atoms with E-state index in [0.29, 0.717) is 12.1 Å². The molecule has 0 bridgehead atoms. The zero-order valence-electron chi connectivity index (χ0n) is 16.6. The van der Waals surface area contributed by atoms with Crippen molar-refractivity contribution in [2.24, 2.45) is 11.7 Å². The van der Waals surface area contributed by atoms with Crippen molar-refractivity contribution < 1.29 is 35.9 Å². The van der Waals surface area contributed by atoms with Gasteiger partial charge in [0.15, 0.2) is 5.82 Å². The number of hydrogen-bond donors (Lipinski definition) is 3. The molecule has 1 atom stereocenters. The van der Waals surface area contributed by atoms with Crippen LogP contribution in [0.2, 0.25) is 0 Å². The number of hydrazine groups is 1. The molecule has 1 heterocycles. The second kappa shape index (κ2) is 9.38. The average molecular weight is 464 g/mol. The number of benzene rings is 1. The number of aromatic nitrogens is 3. The van der Waals surface area contributed by atoms with Crippen molar-refractivity contribution in [2.75, 3.05) is 0 Å². The van der Waals surface area contributed by atoms with Crippen molar-refractivity contribution >= 4 is 18.0 Å². The van der Waals surface area contributed by atoms with Gasteiger partial charge in [-0.3, -0.25) is 20.4 Å². The van der Waals surface area contributed by atoms with E-state index in [-0.39, 0.29) is 12.0 Å². The van der Waals surface area contributed by atoms with E-state index in [2.05, 4.69) is 20.9 Å². The number of nitrogens with zero attached hydrogens (tertiary/aromatic N) is 3. The molecule has 32 heavy (non-hydrogen) atoms. The summed E-state index contributed by atoms with van der Waals surface area (Å²) in [6, 6.07) is 0.105. The molecular formula is C18H18F6N6O2. The summed E-state index contributed by atoms with van der Waals surface area (Å²) >= 11 is 0. The fourth-order valence-corrected chi connectivity index (χ4v) is 2.26. The van der Waals surface area contributed by atoms with Crippen molar-refractivity contribution in [3.8, 4) is 11.4 Å². The Hall–Kier alpha value is -3.42. The van der Waals surface area contributed by atoms with Crippen molar-refractivity contribution in [1.82, 2.24) is 25.6 Å². The second-order valence-electron chi connectivity index (χ2n) is 6.91. The fraction of sp³-hybridized carbons (Fsp3) is 0.333. The van der Waals surface area contributed by atoms with Gasteiger partial charge in [0.05, 0.1) is 17.2 Å². The van der Waals surface area contributed by atoms with E-state index in [9.17, 15) is 35.9 Å². The van der Waals surface area contributed by atoms with Crippen LogP contribution in [-0.4, -0.2) is 32.6 Å². The highest BCUT2D eigenvalue weighted by molar-refractivity contribution is 5.92. The van der Waals surface area contributed by atoms with Crippen LogP contribution in [0.1, 0.15) is 25.0 Å². The molecule has 0 aliphatic heterocycles. The lowest BCUT2D eigenvalue weighted by Crippen LogP contribution is -2.50. The summed E-state index contributed by atoms with van der Waals surface area (Å²) in [7, 11) is 0. The third-order valence-corrected chi connectivity index (χ3v) is 4.06. The summed E-state index contributed by atoms with van der Waals surface area (Å²) in [4.78, 5) is 27.1. The average Bonchev–Trinajstić information content (AvgIpc) is 3.17. The quantitative estimate of drug-likeness (QED) is 0.358. The summed E-state index contributed by atoms with van der Waals surface area (Å²) in [6.45, 7) is 3.41. The molecule has 1 aromatic carbocycles. The van der Waals surface area contributed by atoms with Crippen LogP contribution in [0.3, 0.4) is 0 Å². The molecule has 0 unspecified atom stereocenters. The molecule has 2 amide bonds. The molecule has 0 aliphatic rings. The summed E-state index contributed by atoms with van der Waals surface area (Å²) in [5, 5.41) is 3.74. The van der Waals surface area contributed by atoms with E-state index < -0.39 is 52.7 Å². The first-order valence-corrected chi connectivity index (χ1v) is 8.93. The van der Waals surface area contributed by atoms with Gasteiger partial charge in [0.1, 0.15) is 6.33 Å². The highest BCUT2D eigenvalue weighted by Gasteiger charge is 2.37. The van der Waals surface area contributed by atoms with Gasteiger partial charge < -0.3 is 5.73 Å². The maximum atomic E-state index is 13.0. The van der Waals surface area contributed by atoms with Crippen molar-refractivity contribution in [1.29, 1.82) is 0 Å². The highest BCUT2D eigenvalue weighted by atomic mass is 19.4. The van der Waals surface area contributed by atoms with Crippen LogP contribution >= 0.6 is 0 Å². The van der Waals surface area contributed by atoms with E-state index in [1.165, 1.54) is 0 Å². The van der Waals surface area contributed by atoms with Crippen LogP contribution in [0.25, 0.3) is 17.6 Å². The van der Waals surface area contributed by atoms with Gasteiger partial charge in [0.25, 0.3) is 11.8 Å². The van der Waals surface area contributed by atoms with Crippen molar-refractivity contribution in [3.63, 3.8) is 0 Å². The number of carbonyl (C=O) groups excluding carboxylic acids is 2. The number of nitrogens with two attached hydrogens (primary N) is 1. The van der Waals surface area contributed by atoms with Crippen molar-refractivity contribution in [2.45, 2.75) is 32.2 Å². The summed E-state index contributed by atoms with van der Waals surface area (Å²) < 4.78 is 78.8. The lowest BCUT2D eigenvalue weighted by Gasteiger charge is -2.14. The van der Waals surface area contributed by atoms with Crippen LogP contribution in [-0.2, 0) is 21.9 Å². The SMILES string of the molecule is CC(C)[C@H](N)C(=O)NNC(=O)/C=C\n1cnc(-c2cc(C(F)(F)F)cc(C(F)(F)F)c2)n1. The Balaban J connectivity index is 2.17. The molecular weight excluding hydrogens is 446 g/mol. The zero-order valence-corrected chi connectivity index (χ0v) is 16.6. The Morgan fingerprint density at radius 2 is 1.59 bits per heavy atom. The smallest absolute Gasteiger partial charge is 0.320 e. The minimum absolute atomic E-state index is 0.00971. The summed E-state index contributed by atoms with van der Waals surface area (Å²) in [5.74, 6) is -2.04. The molecule has 0 radical (unpaired) electrons.